The maximum absolute atomic E-state index is 13.0. The standard InChI is InChI=1S/C26H21BrFN3O4/c1-2-34-22-10-8-21(9-11-22)31-26(33)18(15-29)13-17-3-12-24(23(27)14-17)35-16-25(32)30-20-6-4-19(28)5-7-20/h3-14H,2,16H2,1H3,(H,30,32)(H,31,33)/b18-13+. The van der Waals surface area contributed by atoms with Gasteiger partial charge in [-0.15, -0.1) is 0 Å². The first-order valence-electron chi connectivity index (χ1n) is 10.5. The van der Waals surface area contributed by atoms with Crippen LogP contribution < -0.4 is 20.1 Å². The lowest BCUT2D eigenvalue weighted by Crippen LogP contribution is -2.20. The molecule has 0 aliphatic carbocycles. The van der Waals surface area contributed by atoms with E-state index in [2.05, 4.69) is 26.6 Å². The van der Waals surface area contributed by atoms with Crippen molar-refractivity contribution in [3.63, 3.8) is 0 Å². The van der Waals surface area contributed by atoms with Gasteiger partial charge in [0.1, 0.15) is 29.0 Å². The second-order valence-corrected chi connectivity index (χ2v) is 7.97. The summed E-state index contributed by atoms with van der Waals surface area (Å²) >= 11 is 3.37. The lowest BCUT2D eigenvalue weighted by molar-refractivity contribution is -0.118. The number of nitrogens with zero attached hydrogens (tertiary/aromatic N) is 1. The van der Waals surface area contributed by atoms with Crippen molar-refractivity contribution in [2.75, 3.05) is 23.8 Å². The summed E-state index contributed by atoms with van der Waals surface area (Å²) in [6, 6.07) is 19.0. The molecule has 0 aliphatic rings. The van der Waals surface area contributed by atoms with Gasteiger partial charge in [0.15, 0.2) is 6.61 Å². The Morgan fingerprint density at radius 3 is 2.29 bits per heavy atom. The number of hydrogen-bond donors (Lipinski definition) is 2. The number of carbonyl (C=O) groups is 2. The van der Waals surface area contributed by atoms with Crippen LogP contribution in [0.1, 0.15) is 12.5 Å². The SMILES string of the molecule is CCOc1ccc(NC(=O)/C(C#N)=C/c2ccc(OCC(=O)Nc3ccc(F)cc3)c(Br)c2)cc1. The maximum Gasteiger partial charge on any atom is 0.266 e. The van der Waals surface area contributed by atoms with Crippen LogP contribution in [0.4, 0.5) is 15.8 Å². The first-order valence-corrected chi connectivity index (χ1v) is 11.3. The summed E-state index contributed by atoms with van der Waals surface area (Å²) < 4.78 is 24.4. The molecule has 0 spiro atoms. The molecule has 0 radical (unpaired) electrons. The Morgan fingerprint density at radius 2 is 1.66 bits per heavy atom. The zero-order valence-corrected chi connectivity index (χ0v) is 20.3. The Bertz CT molecular complexity index is 1270. The molecule has 9 heteroatoms. The molecule has 0 heterocycles. The average molecular weight is 538 g/mol. The van der Waals surface area contributed by atoms with Crippen molar-refractivity contribution in [3.8, 4) is 17.6 Å². The Kier molecular flexibility index (Phi) is 8.98. The molecule has 178 valence electrons. The summed E-state index contributed by atoms with van der Waals surface area (Å²) in [7, 11) is 0. The van der Waals surface area contributed by atoms with Gasteiger partial charge in [-0.25, -0.2) is 4.39 Å². The number of carbonyl (C=O) groups excluding carboxylic acids is 2. The first kappa shape index (κ1) is 25.5. The molecule has 0 atom stereocenters. The second-order valence-electron chi connectivity index (χ2n) is 7.11. The minimum Gasteiger partial charge on any atom is -0.494 e. The van der Waals surface area contributed by atoms with Crippen LogP contribution in [0.2, 0.25) is 0 Å². The molecular formula is C26H21BrFN3O4. The number of amides is 2. The molecule has 0 aliphatic heterocycles. The molecule has 7 nitrogen and oxygen atoms in total. The zero-order valence-electron chi connectivity index (χ0n) is 18.7. The predicted molar refractivity (Wildman–Crippen MR) is 134 cm³/mol. The smallest absolute Gasteiger partial charge is 0.266 e. The van der Waals surface area contributed by atoms with E-state index in [0.29, 0.717) is 39.5 Å². The molecule has 2 N–H and O–H groups in total. The lowest BCUT2D eigenvalue weighted by atomic mass is 10.1. The molecule has 0 aromatic heterocycles. The number of anilines is 2. The van der Waals surface area contributed by atoms with Crippen molar-refractivity contribution in [2.45, 2.75) is 6.92 Å². The van der Waals surface area contributed by atoms with E-state index in [1.165, 1.54) is 30.3 Å². The number of nitrogens with one attached hydrogen (secondary N) is 2. The monoisotopic (exact) mass is 537 g/mol. The van der Waals surface area contributed by atoms with Gasteiger partial charge in [0.05, 0.1) is 11.1 Å². The number of halogens is 2. The highest BCUT2D eigenvalue weighted by Gasteiger charge is 2.11. The van der Waals surface area contributed by atoms with Gasteiger partial charge < -0.3 is 20.1 Å². The number of rotatable bonds is 9. The van der Waals surface area contributed by atoms with Gasteiger partial charge >= 0.3 is 0 Å². The van der Waals surface area contributed by atoms with Gasteiger partial charge in [-0.3, -0.25) is 9.59 Å². The quantitative estimate of drug-likeness (QED) is 0.275. The topological polar surface area (TPSA) is 100 Å². The van der Waals surface area contributed by atoms with Crippen molar-refractivity contribution in [3.05, 3.63) is 88.2 Å². The van der Waals surface area contributed by atoms with Gasteiger partial charge in [-0.1, -0.05) is 6.07 Å². The van der Waals surface area contributed by atoms with Gasteiger partial charge in [0.25, 0.3) is 11.8 Å². The minimum atomic E-state index is -0.550. The molecule has 0 saturated heterocycles. The van der Waals surface area contributed by atoms with Gasteiger partial charge in [-0.2, -0.15) is 5.26 Å². The van der Waals surface area contributed by atoms with Crippen molar-refractivity contribution >= 4 is 45.2 Å². The molecule has 0 bridgehead atoms. The minimum absolute atomic E-state index is 0.0851. The van der Waals surface area contributed by atoms with Crippen LogP contribution in [-0.4, -0.2) is 25.0 Å². The molecule has 3 rings (SSSR count). The van der Waals surface area contributed by atoms with E-state index in [-0.39, 0.29) is 12.2 Å². The maximum atomic E-state index is 13.0. The van der Waals surface area contributed by atoms with Gasteiger partial charge in [-0.05, 0) is 95.2 Å². The number of nitriles is 1. The summed E-state index contributed by atoms with van der Waals surface area (Å²) in [5, 5.41) is 14.7. The van der Waals surface area contributed by atoms with E-state index in [1.807, 2.05) is 13.0 Å². The Balaban J connectivity index is 1.60. The molecular weight excluding hydrogens is 517 g/mol. The highest BCUT2D eigenvalue weighted by molar-refractivity contribution is 9.10. The normalized spacial score (nSPS) is 10.7. The van der Waals surface area contributed by atoms with Crippen molar-refractivity contribution < 1.29 is 23.5 Å². The molecule has 3 aromatic carbocycles. The Labute approximate surface area is 210 Å². The van der Waals surface area contributed by atoms with E-state index in [0.717, 1.165) is 0 Å². The van der Waals surface area contributed by atoms with Crippen LogP contribution in [0.5, 0.6) is 11.5 Å². The third-order valence-corrected chi connectivity index (χ3v) is 5.16. The van der Waals surface area contributed by atoms with Crippen LogP contribution >= 0.6 is 15.9 Å². The summed E-state index contributed by atoms with van der Waals surface area (Å²) in [6.07, 6.45) is 1.44. The van der Waals surface area contributed by atoms with E-state index >= 15 is 0 Å². The van der Waals surface area contributed by atoms with Crippen LogP contribution in [-0.2, 0) is 9.59 Å². The average Bonchev–Trinajstić information content (AvgIpc) is 2.84. The highest BCUT2D eigenvalue weighted by atomic mass is 79.9. The van der Waals surface area contributed by atoms with Crippen LogP contribution in [0.15, 0.2) is 76.8 Å². The van der Waals surface area contributed by atoms with Crippen molar-refractivity contribution in [1.29, 1.82) is 5.26 Å². The fraction of sp³-hybridized carbons (Fsp3) is 0.115. The third kappa shape index (κ3) is 7.69. The zero-order chi connectivity index (χ0) is 25.2. The summed E-state index contributed by atoms with van der Waals surface area (Å²) in [4.78, 5) is 24.6. The highest BCUT2D eigenvalue weighted by Crippen LogP contribution is 2.27. The number of benzene rings is 3. The van der Waals surface area contributed by atoms with Crippen molar-refractivity contribution in [1.82, 2.24) is 0 Å². The fourth-order valence-corrected chi connectivity index (χ4v) is 3.42. The largest absolute Gasteiger partial charge is 0.494 e. The molecule has 35 heavy (non-hydrogen) atoms. The van der Waals surface area contributed by atoms with Crippen LogP contribution in [0.25, 0.3) is 6.08 Å². The molecule has 2 amide bonds. The van der Waals surface area contributed by atoms with E-state index < -0.39 is 17.6 Å². The first-order chi connectivity index (χ1) is 16.9. The summed E-state index contributed by atoms with van der Waals surface area (Å²) in [5.74, 6) is -0.281. The summed E-state index contributed by atoms with van der Waals surface area (Å²) in [5.41, 5.74) is 1.48. The Morgan fingerprint density at radius 1 is 1.00 bits per heavy atom. The molecule has 0 saturated carbocycles. The summed E-state index contributed by atoms with van der Waals surface area (Å²) in [6.45, 7) is 2.15. The Hall–Kier alpha value is -4.16. The molecule has 0 fully saturated rings. The van der Waals surface area contributed by atoms with E-state index in [9.17, 15) is 19.2 Å². The van der Waals surface area contributed by atoms with Crippen molar-refractivity contribution in [2.24, 2.45) is 0 Å². The van der Waals surface area contributed by atoms with E-state index in [4.69, 9.17) is 9.47 Å². The van der Waals surface area contributed by atoms with E-state index in [1.54, 1.807) is 42.5 Å². The van der Waals surface area contributed by atoms with Gasteiger partial charge in [0.2, 0.25) is 0 Å². The van der Waals surface area contributed by atoms with Gasteiger partial charge in [0, 0.05) is 11.4 Å². The predicted octanol–water partition coefficient (Wildman–Crippen LogP) is 5.55. The molecule has 0 unspecified atom stereocenters. The van der Waals surface area contributed by atoms with Crippen LogP contribution in [0.3, 0.4) is 0 Å². The lowest BCUT2D eigenvalue weighted by Gasteiger charge is -2.10. The molecule has 3 aromatic rings. The second kappa shape index (κ2) is 12.3. The number of ether oxygens (including phenoxy) is 2. The fourth-order valence-electron chi connectivity index (χ4n) is 2.91. The number of hydrogen-bond acceptors (Lipinski definition) is 5. The van der Waals surface area contributed by atoms with Crippen LogP contribution in [0, 0.1) is 17.1 Å². The third-order valence-electron chi connectivity index (χ3n) is 4.54.